The molecule has 2 aromatic carbocycles. The predicted molar refractivity (Wildman–Crippen MR) is 170 cm³/mol. The van der Waals surface area contributed by atoms with Gasteiger partial charge in [0.1, 0.15) is 17.4 Å². The lowest BCUT2D eigenvalue weighted by Gasteiger charge is -2.33. The summed E-state index contributed by atoms with van der Waals surface area (Å²) in [6, 6.07) is 17.1. The molecule has 1 fully saturated rings. The van der Waals surface area contributed by atoms with Crippen LogP contribution >= 0.6 is 11.6 Å². The summed E-state index contributed by atoms with van der Waals surface area (Å²) in [4.78, 5) is 36.6. The number of allylic oxidation sites excluding steroid dienone is 1. The lowest BCUT2D eigenvalue weighted by Crippen LogP contribution is -2.34. The molecule has 4 aromatic rings. The maximum atomic E-state index is 13.9. The number of rotatable bonds is 7. The normalized spacial score (nSPS) is 17.5. The van der Waals surface area contributed by atoms with Crippen molar-refractivity contribution in [3.8, 4) is 5.69 Å². The molecule has 1 saturated carbocycles. The summed E-state index contributed by atoms with van der Waals surface area (Å²) in [5.74, 6) is -0.924. The number of dihydropyridines is 1. The van der Waals surface area contributed by atoms with Gasteiger partial charge in [0.2, 0.25) is 0 Å². The highest BCUT2D eigenvalue weighted by atomic mass is 35.5. The molecule has 1 atom stereocenters. The Morgan fingerprint density at radius 2 is 1.73 bits per heavy atom. The number of carbonyl (C=O) groups is 2. The van der Waals surface area contributed by atoms with Crippen molar-refractivity contribution in [2.45, 2.75) is 64.9 Å². The van der Waals surface area contributed by atoms with Crippen LogP contribution in [0.2, 0.25) is 5.02 Å². The number of benzene rings is 2. The van der Waals surface area contributed by atoms with Crippen molar-refractivity contribution >= 4 is 40.3 Å². The van der Waals surface area contributed by atoms with Crippen molar-refractivity contribution in [3.05, 3.63) is 106 Å². The number of aromatic nitrogens is 3. The molecule has 2 aromatic heterocycles. The second-order valence-corrected chi connectivity index (χ2v) is 11.6. The van der Waals surface area contributed by atoms with Crippen LogP contribution in [0.3, 0.4) is 0 Å². The molecule has 0 amide bonds. The van der Waals surface area contributed by atoms with Crippen LogP contribution in [0, 0.1) is 6.92 Å². The summed E-state index contributed by atoms with van der Waals surface area (Å²) >= 11 is 6.77. The molecule has 3 heterocycles. The number of nitrogens with one attached hydrogen (secondary N) is 1. The van der Waals surface area contributed by atoms with E-state index in [-0.39, 0.29) is 12.7 Å². The van der Waals surface area contributed by atoms with Crippen molar-refractivity contribution in [1.82, 2.24) is 19.9 Å². The minimum Gasteiger partial charge on any atom is -0.463 e. The maximum absolute atomic E-state index is 13.9. The lowest BCUT2D eigenvalue weighted by atomic mass is 9.79. The SMILES string of the molecule is CCOC(=O)C1=C(c2ccc(-n3c(C)nc4cnccc43)cc2)NC(C)=C(C(=O)OC2CCCCC2)C1c1ccccc1Cl. The third-order valence-corrected chi connectivity index (χ3v) is 8.70. The van der Waals surface area contributed by atoms with Gasteiger partial charge in [0.05, 0.1) is 41.1 Å². The first kappa shape index (κ1) is 29.6. The molecule has 2 aliphatic rings. The quantitative estimate of drug-likeness (QED) is 0.221. The van der Waals surface area contributed by atoms with E-state index in [1.165, 1.54) is 0 Å². The van der Waals surface area contributed by atoms with Crippen molar-refractivity contribution in [2.75, 3.05) is 6.61 Å². The molecular weight excluding hydrogens is 576 g/mol. The third kappa shape index (κ3) is 5.62. The topological polar surface area (TPSA) is 95.3 Å². The van der Waals surface area contributed by atoms with Gasteiger partial charge in [-0.15, -0.1) is 0 Å². The van der Waals surface area contributed by atoms with Gasteiger partial charge >= 0.3 is 11.9 Å². The number of esters is 2. The second-order valence-electron chi connectivity index (χ2n) is 11.2. The van der Waals surface area contributed by atoms with E-state index in [4.69, 9.17) is 21.1 Å². The molecule has 0 radical (unpaired) electrons. The summed E-state index contributed by atoms with van der Waals surface area (Å²) in [7, 11) is 0. The molecule has 1 aliphatic heterocycles. The van der Waals surface area contributed by atoms with Crippen molar-refractivity contribution in [1.29, 1.82) is 0 Å². The minimum absolute atomic E-state index is 0.147. The zero-order valence-corrected chi connectivity index (χ0v) is 25.9. The Kier molecular flexibility index (Phi) is 8.53. The second kappa shape index (κ2) is 12.7. The number of halogens is 1. The number of nitrogens with zero attached hydrogens (tertiary/aromatic N) is 3. The smallest absolute Gasteiger partial charge is 0.337 e. The number of carbonyl (C=O) groups excluding carboxylic acids is 2. The van der Waals surface area contributed by atoms with E-state index in [0.717, 1.165) is 60.2 Å². The fourth-order valence-corrected chi connectivity index (χ4v) is 6.57. The van der Waals surface area contributed by atoms with Gasteiger partial charge < -0.3 is 14.8 Å². The summed E-state index contributed by atoms with van der Waals surface area (Å²) in [6.45, 7) is 5.73. The molecule has 0 saturated heterocycles. The molecule has 44 heavy (non-hydrogen) atoms. The van der Waals surface area contributed by atoms with Crippen molar-refractivity contribution < 1.29 is 19.1 Å². The van der Waals surface area contributed by atoms with Crippen LogP contribution in [0.25, 0.3) is 22.4 Å². The summed E-state index contributed by atoms with van der Waals surface area (Å²) in [5, 5.41) is 3.84. The van der Waals surface area contributed by atoms with Crippen LogP contribution in [0.15, 0.2) is 83.8 Å². The molecule has 1 unspecified atom stereocenters. The van der Waals surface area contributed by atoms with Gasteiger partial charge in [-0.1, -0.05) is 48.4 Å². The maximum Gasteiger partial charge on any atom is 0.337 e. The van der Waals surface area contributed by atoms with Gasteiger partial charge in [0.25, 0.3) is 0 Å². The van der Waals surface area contributed by atoms with E-state index in [9.17, 15) is 9.59 Å². The number of imidazole rings is 1. The Bertz CT molecular complexity index is 1780. The molecule has 0 bridgehead atoms. The third-order valence-electron chi connectivity index (χ3n) is 8.36. The van der Waals surface area contributed by atoms with E-state index in [1.54, 1.807) is 25.4 Å². The van der Waals surface area contributed by atoms with Gasteiger partial charge in [0.15, 0.2) is 0 Å². The molecule has 0 spiro atoms. The zero-order valence-electron chi connectivity index (χ0n) is 25.1. The fraction of sp³-hybridized carbons (Fsp3) is 0.314. The van der Waals surface area contributed by atoms with Gasteiger partial charge in [-0.2, -0.15) is 0 Å². The number of hydrogen-bond acceptors (Lipinski definition) is 7. The largest absolute Gasteiger partial charge is 0.463 e. The minimum atomic E-state index is -0.790. The van der Waals surface area contributed by atoms with Crippen LogP contribution in [0.5, 0.6) is 0 Å². The number of hydrogen-bond donors (Lipinski definition) is 1. The molecule has 1 N–H and O–H groups in total. The number of aryl methyl sites for hydroxylation is 1. The number of ether oxygens (including phenoxy) is 2. The Morgan fingerprint density at radius 1 is 0.977 bits per heavy atom. The zero-order chi connectivity index (χ0) is 30.8. The van der Waals surface area contributed by atoms with E-state index < -0.39 is 17.9 Å². The molecule has 1 aliphatic carbocycles. The van der Waals surface area contributed by atoms with Gasteiger partial charge in [-0.25, -0.2) is 14.6 Å². The Morgan fingerprint density at radius 3 is 2.45 bits per heavy atom. The van der Waals surface area contributed by atoms with Gasteiger partial charge in [-0.05, 0) is 81.8 Å². The monoisotopic (exact) mass is 610 g/mol. The average Bonchev–Trinajstić information content (AvgIpc) is 3.37. The van der Waals surface area contributed by atoms with Crippen LogP contribution in [-0.2, 0) is 19.1 Å². The van der Waals surface area contributed by atoms with Crippen LogP contribution in [-0.4, -0.2) is 39.2 Å². The fourth-order valence-electron chi connectivity index (χ4n) is 6.33. The van der Waals surface area contributed by atoms with Gasteiger partial charge in [-0.3, -0.25) is 9.55 Å². The Labute approximate surface area is 261 Å². The molecule has 8 nitrogen and oxygen atoms in total. The predicted octanol–water partition coefficient (Wildman–Crippen LogP) is 7.19. The standard InChI is InChI=1S/C35H35ClN4O4/c1-4-43-34(41)32-31(26-12-8-9-13-27(26)36)30(35(42)44-25-10-6-5-7-11-25)21(2)38-33(32)23-14-16-24(17-15-23)40-22(3)39-28-20-37-19-18-29(28)40/h8-9,12-20,25,31,38H,4-7,10-11H2,1-3H3. The summed E-state index contributed by atoms with van der Waals surface area (Å²) < 4.78 is 13.7. The highest BCUT2D eigenvalue weighted by molar-refractivity contribution is 6.31. The number of fused-ring (bicyclic) bond motifs is 1. The lowest BCUT2D eigenvalue weighted by molar-refractivity contribution is -0.146. The van der Waals surface area contributed by atoms with E-state index >= 15 is 0 Å². The first-order chi connectivity index (χ1) is 21.4. The van der Waals surface area contributed by atoms with E-state index in [1.807, 2.05) is 62.4 Å². The van der Waals surface area contributed by atoms with Crippen LogP contribution in [0.1, 0.15) is 68.8 Å². The first-order valence-corrected chi connectivity index (χ1v) is 15.5. The molecule has 226 valence electrons. The molecule has 6 rings (SSSR count). The van der Waals surface area contributed by atoms with Crippen molar-refractivity contribution in [2.24, 2.45) is 0 Å². The first-order valence-electron chi connectivity index (χ1n) is 15.1. The van der Waals surface area contributed by atoms with E-state index in [2.05, 4.69) is 19.9 Å². The Balaban J connectivity index is 1.47. The van der Waals surface area contributed by atoms with Crippen LogP contribution in [0.4, 0.5) is 0 Å². The summed E-state index contributed by atoms with van der Waals surface area (Å²) in [6.07, 6.45) is 8.22. The van der Waals surface area contributed by atoms with E-state index in [0.29, 0.717) is 33.1 Å². The highest BCUT2D eigenvalue weighted by Crippen LogP contribution is 2.44. The highest BCUT2D eigenvalue weighted by Gasteiger charge is 2.41. The van der Waals surface area contributed by atoms with Crippen LogP contribution < -0.4 is 5.32 Å². The summed E-state index contributed by atoms with van der Waals surface area (Å²) in [5.41, 5.74) is 5.91. The Hall–Kier alpha value is -4.43. The number of pyridine rings is 1. The molecular formula is C35H35ClN4O4. The molecule has 9 heteroatoms. The average molecular weight is 611 g/mol. The van der Waals surface area contributed by atoms with Crippen molar-refractivity contribution in [3.63, 3.8) is 0 Å². The van der Waals surface area contributed by atoms with Gasteiger partial charge in [0, 0.05) is 22.6 Å².